The molecule has 6 nitrogen and oxygen atoms in total. The molecule has 10 heteroatoms. The zero-order valence-corrected chi connectivity index (χ0v) is 19.9. The smallest absolute Gasteiger partial charge is 0.257 e. The molecule has 0 aliphatic carbocycles. The summed E-state index contributed by atoms with van der Waals surface area (Å²) in [6.07, 6.45) is 3.01. The second kappa shape index (κ2) is 10.4. The average Bonchev–Trinajstić information content (AvgIpc) is 3.24. The van der Waals surface area contributed by atoms with Crippen LogP contribution in [-0.4, -0.2) is 36.7 Å². The Hall–Kier alpha value is -2.49. The molecular formula is C22H19Cl2N3O3S2. The Morgan fingerprint density at radius 1 is 1.06 bits per heavy atom. The van der Waals surface area contributed by atoms with E-state index >= 15 is 0 Å². The van der Waals surface area contributed by atoms with Gasteiger partial charge in [-0.2, -0.15) is 4.31 Å². The molecule has 1 aromatic heterocycles. The van der Waals surface area contributed by atoms with Gasteiger partial charge in [0.05, 0.1) is 20.6 Å². The molecule has 0 saturated heterocycles. The van der Waals surface area contributed by atoms with Gasteiger partial charge in [0.25, 0.3) is 5.91 Å². The van der Waals surface area contributed by atoms with Gasteiger partial charge in [0.1, 0.15) is 0 Å². The Morgan fingerprint density at radius 3 is 2.31 bits per heavy atom. The first-order valence-corrected chi connectivity index (χ1v) is 12.4. The highest BCUT2D eigenvalue weighted by atomic mass is 35.5. The summed E-state index contributed by atoms with van der Waals surface area (Å²) in [6.45, 7) is 7.48. The molecule has 0 unspecified atom stereocenters. The minimum Gasteiger partial charge on any atom is -0.298 e. The fourth-order valence-electron chi connectivity index (χ4n) is 2.77. The number of benzene rings is 2. The van der Waals surface area contributed by atoms with Crippen LogP contribution in [-0.2, 0) is 10.0 Å². The number of hydrogen-bond acceptors (Lipinski definition) is 5. The van der Waals surface area contributed by atoms with E-state index in [1.54, 1.807) is 23.6 Å². The van der Waals surface area contributed by atoms with Crippen molar-refractivity contribution in [2.75, 3.05) is 18.4 Å². The number of rotatable bonds is 9. The maximum Gasteiger partial charge on any atom is 0.257 e. The Kier molecular flexibility index (Phi) is 7.86. The van der Waals surface area contributed by atoms with Gasteiger partial charge in [-0.1, -0.05) is 41.4 Å². The Labute approximate surface area is 200 Å². The third kappa shape index (κ3) is 5.46. The first-order valence-electron chi connectivity index (χ1n) is 9.30. The predicted molar refractivity (Wildman–Crippen MR) is 131 cm³/mol. The highest BCUT2D eigenvalue weighted by molar-refractivity contribution is 7.89. The number of amides is 1. The van der Waals surface area contributed by atoms with Crippen molar-refractivity contribution in [1.29, 1.82) is 0 Å². The van der Waals surface area contributed by atoms with Gasteiger partial charge in [-0.15, -0.1) is 24.5 Å². The molecule has 1 amide bonds. The van der Waals surface area contributed by atoms with Crippen molar-refractivity contribution < 1.29 is 13.2 Å². The molecule has 3 rings (SSSR count). The second-order valence-electron chi connectivity index (χ2n) is 6.54. The number of sulfonamides is 1. The molecule has 3 aromatic rings. The van der Waals surface area contributed by atoms with Crippen LogP contribution in [0.1, 0.15) is 10.4 Å². The summed E-state index contributed by atoms with van der Waals surface area (Å²) in [6, 6.07) is 10.9. The third-order valence-electron chi connectivity index (χ3n) is 4.36. The summed E-state index contributed by atoms with van der Waals surface area (Å²) < 4.78 is 26.8. The van der Waals surface area contributed by atoms with E-state index in [9.17, 15) is 13.2 Å². The van der Waals surface area contributed by atoms with Crippen LogP contribution in [0.15, 0.2) is 78.1 Å². The fourth-order valence-corrected chi connectivity index (χ4v) is 5.17. The van der Waals surface area contributed by atoms with Crippen LogP contribution in [0, 0.1) is 0 Å². The molecule has 0 spiro atoms. The van der Waals surface area contributed by atoms with Gasteiger partial charge in [-0.25, -0.2) is 13.4 Å². The van der Waals surface area contributed by atoms with Crippen LogP contribution in [0.5, 0.6) is 0 Å². The summed E-state index contributed by atoms with van der Waals surface area (Å²) in [7, 11) is -3.73. The maximum absolute atomic E-state index is 12.8. The van der Waals surface area contributed by atoms with Gasteiger partial charge in [0, 0.05) is 29.6 Å². The van der Waals surface area contributed by atoms with Crippen molar-refractivity contribution in [2.45, 2.75) is 4.90 Å². The lowest BCUT2D eigenvalue weighted by Crippen LogP contribution is -2.31. The number of carbonyl (C=O) groups excluding carboxylic acids is 1. The van der Waals surface area contributed by atoms with E-state index in [1.807, 2.05) is 0 Å². The lowest BCUT2D eigenvalue weighted by Gasteiger charge is -2.19. The molecule has 166 valence electrons. The normalized spacial score (nSPS) is 11.3. The second-order valence-corrected chi connectivity index (χ2v) is 10.2. The van der Waals surface area contributed by atoms with Crippen LogP contribution in [0.25, 0.3) is 11.3 Å². The molecule has 1 heterocycles. The molecule has 2 aromatic carbocycles. The molecule has 1 N–H and O–H groups in total. The monoisotopic (exact) mass is 507 g/mol. The zero-order valence-electron chi connectivity index (χ0n) is 16.8. The van der Waals surface area contributed by atoms with Crippen molar-refractivity contribution in [2.24, 2.45) is 0 Å². The number of thiazole rings is 1. The summed E-state index contributed by atoms with van der Waals surface area (Å²) in [4.78, 5) is 17.1. The van der Waals surface area contributed by atoms with E-state index in [0.29, 0.717) is 26.4 Å². The number of hydrogen-bond donors (Lipinski definition) is 1. The number of anilines is 1. The summed E-state index contributed by atoms with van der Waals surface area (Å²) >= 11 is 13.3. The van der Waals surface area contributed by atoms with E-state index in [4.69, 9.17) is 23.2 Å². The molecule has 0 atom stereocenters. The molecule has 0 radical (unpaired) electrons. The third-order valence-corrected chi connectivity index (χ3v) is 7.70. The van der Waals surface area contributed by atoms with E-state index in [0.717, 1.165) is 5.56 Å². The predicted octanol–water partition coefficient (Wildman–Crippen LogP) is 5.73. The van der Waals surface area contributed by atoms with Gasteiger partial charge in [-0.3, -0.25) is 10.1 Å². The Morgan fingerprint density at radius 2 is 1.72 bits per heavy atom. The standard InChI is InChI=1S/C22H19Cl2N3O3S2/c1-3-11-27(12-4-2)32(29,30)17-8-5-15(6-9-17)21(28)26-22-25-20(14-31-22)16-7-10-18(23)19(24)13-16/h3-10,13-14H,1-2,11-12H2,(H,25,26,28). The Bertz CT molecular complexity index is 1250. The number of carbonyl (C=O) groups is 1. The quantitative estimate of drug-likeness (QED) is 0.375. The van der Waals surface area contributed by atoms with Crippen molar-refractivity contribution in [3.63, 3.8) is 0 Å². The van der Waals surface area contributed by atoms with E-state index < -0.39 is 15.9 Å². The van der Waals surface area contributed by atoms with Crippen molar-refractivity contribution >= 4 is 55.6 Å². The van der Waals surface area contributed by atoms with Crippen LogP contribution in [0.2, 0.25) is 10.0 Å². The van der Waals surface area contributed by atoms with Gasteiger partial charge >= 0.3 is 0 Å². The minimum atomic E-state index is -3.73. The van der Waals surface area contributed by atoms with Crippen molar-refractivity contribution in [3.05, 3.63) is 88.8 Å². The van der Waals surface area contributed by atoms with Crippen molar-refractivity contribution in [1.82, 2.24) is 9.29 Å². The topological polar surface area (TPSA) is 79.4 Å². The number of nitrogens with one attached hydrogen (secondary N) is 1. The highest BCUT2D eigenvalue weighted by Gasteiger charge is 2.22. The number of aromatic nitrogens is 1. The zero-order chi connectivity index (χ0) is 23.3. The first-order chi connectivity index (χ1) is 15.3. The largest absolute Gasteiger partial charge is 0.298 e. The molecular weight excluding hydrogens is 489 g/mol. The first kappa shape index (κ1) is 24.2. The highest BCUT2D eigenvalue weighted by Crippen LogP contribution is 2.30. The number of halogens is 2. The van der Waals surface area contributed by atoms with Crippen LogP contribution in [0.3, 0.4) is 0 Å². The maximum atomic E-state index is 12.8. The van der Waals surface area contributed by atoms with Crippen molar-refractivity contribution in [3.8, 4) is 11.3 Å². The van der Waals surface area contributed by atoms with Crippen LogP contribution >= 0.6 is 34.5 Å². The lowest BCUT2D eigenvalue weighted by atomic mass is 10.2. The fraction of sp³-hybridized carbons (Fsp3) is 0.0909. The number of nitrogens with zero attached hydrogens (tertiary/aromatic N) is 2. The molecule has 0 aliphatic rings. The van der Waals surface area contributed by atoms with Gasteiger partial charge in [-0.05, 0) is 36.4 Å². The van der Waals surface area contributed by atoms with Crippen LogP contribution < -0.4 is 5.32 Å². The van der Waals surface area contributed by atoms with Crippen LogP contribution in [0.4, 0.5) is 5.13 Å². The van der Waals surface area contributed by atoms with E-state index in [-0.39, 0.29) is 18.0 Å². The lowest BCUT2D eigenvalue weighted by molar-refractivity contribution is 0.102. The average molecular weight is 508 g/mol. The van der Waals surface area contributed by atoms with E-state index in [1.165, 1.54) is 52.1 Å². The molecule has 0 aliphatic heterocycles. The molecule has 0 fully saturated rings. The van der Waals surface area contributed by atoms with Gasteiger partial charge in [0.15, 0.2) is 5.13 Å². The van der Waals surface area contributed by atoms with Gasteiger partial charge < -0.3 is 0 Å². The summed E-state index contributed by atoms with van der Waals surface area (Å²) in [5, 5.41) is 5.77. The molecule has 0 bridgehead atoms. The molecule has 32 heavy (non-hydrogen) atoms. The molecule has 0 saturated carbocycles. The van der Waals surface area contributed by atoms with Gasteiger partial charge in [0.2, 0.25) is 10.0 Å². The Balaban J connectivity index is 1.74. The van der Waals surface area contributed by atoms with E-state index in [2.05, 4.69) is 23.5 Å². The SMILES string of the molecule is C=CCN(CC=C)S(=O)(=O)c1ccc(C(=O)Nc2nc(-c3ccc(Cl)c(Cl)c3)cs2)cc1. The summed E-state index contributed by atoms with van der Waals surface area (Å²) in [5.74, 6) is -0.405. The minimum absolute atomic E-state index is 0.0777. The summed E-state index contributed by atoms with van der Waals surface area (Å²) in [5.41, 5.74) is 1.72.